The third-order valence-electron chi connectivity index (χ3n) is 15.2. The maximum Gasteiger partial charge on any atom is 0.397 e. The van der Waals surface area contributed by atoms with Gasteiger partial charge in [-0.2, -0.15) is 8.42 Å². The molecule has 0 aromatic rings. The average molecular weight is 839 g/mol. The largest absolute Gasteiger partial charge is 0.397 e. The number of rotatable bonds is 12. The molecule has 0 aromatic heterocycles. The van der Waals surface area contributed by atoms with Crippen molar-refractivity contribution in [3.63, 3.8) is 0 Å². The van der Waals surface area contributed by atoms with E-state index in [1.807, 2.05) is 20.8 Å². The van der Waals surface area contributed by atoms with E-state index in [1.165, 1.54) is 7.11 Å². The molecule has 0 unspecified atom stereocenters. The Morgan fingerprint density at radius 3 is 2.11 bits per heavy atom. The van der Waals surface area contributed by atoms with Gasteiger partial charge in [-0.05, 0) is 72.5 Å². The number of ether oxygens (including phenoxy) is 5. The maximum absolute atomic E-state index is 12.6. The molecule has 57 heavy (non-hydrogen) atoms. The molecule has 2 heterocycles. The highest BCUT2D eigenvalue weighted by atomic mass is 32.3. The van der Waals surface area contributed by atoms with Crippen LogP contribution < -0.4 is 0 Å². The zero-order valence-corrected chi connectivity index (χ0v) is 34.5. The van der Waals surface area contributed by atoms with Crippen LogP contribution in [-0.4, -0.2) is 160 Å². The van der Waals surface area contributed by atoms with E-state index in [0.717, 1.165) is 6.42 Å². The van der Waals surface area contributed by atoms with Crippen molar-refractivity contribution in [1.82, 2.24) is 0 Å². The molecule has 330 valence electrons. The highest BCUT2D eigenvalue weighted by molar-refractivity contribution is 7.80. The van der Waals surface area contributed by atoms with Gasteiger partial charge in [0, 0.05) is 25.4 Å². The first kappa shape index (κ1) is 45.6. The van der Waals surface area contributed by atoms with E-state index in [-0.39, 0.29) is 49.2 Å². The third-order valence-corrected chi connectivity index (χ3v) is 15.7. The molecule has 18 heteroatoms. The number of hydrogen-bond donors (Lipinski definition) is 9. The van der Waals surface area contributed by atoms with Crippen LogP contribution in [0.2, 0.25) is 0 Å². The zero-order chi connectivity index (χ0) is 42.0. The maximum atomic E-state index is 12.6. The van der Waals surface area contributed by atoms with Crippen molar-refractivity contribution in [1.29, 1.82) is 0 Å². The number of methoxy groups -OCH3 is 1. The van der Waals surface area contributed by atoms with Gasteiger partial charge < -0.3 is 64.5 Å². The first-order valence-corrected chi connectivity index (χ1v) is 21.8. The van der Waals surface area contributed by atoms with Crippen molar-refractivity contribution in [2.24, 2.45) is 52.3 Å². The van der Waals surface area contributed by atoms with Crippen molar-refractivity contribution >= 4 is 10.4 Å². The van der Waals surface area contributed by atoms with Crippen LogP contribution in [0.25, 0.3) is 0 Å². The van der Waals surface area contributed by atoms with E-state index >= 15 is 0 Å². The minimum atomic E-state index is -5.08. The second-order valence-electron chi connectivity index (χ2n) is 18.6. The molecule has 4 aliphatic carbocycles. The number of fused-ring (bicyclic) bond motifs is 5. The molecule has 0 amide bonds. The fraction of sp³-hybridized carbons (Fsp3) is 0.949. The fourth-order valence-corrected chi connectivity index (χ4v) is 12.6. The van der Waals surface area contributed by atoms with E-state index in [4.69, 9.17) is 27.9 Å². The summed E-state index contributed by atoms with van der Waals surface area (Å²) in [5.41, 5.74) is -2.36. The van der Waals surface area contributed by atoms with Crippen molar-refractivity contribution in [3.8, 4) is 0 Å². The zero-order valence-electron chi connectivity index (χ0n) is 33.7. The molecule has 17 nitrogen and oxygen atoms in total. The Bertz CT molecular complexity index is 1520. The molecule has 9 N–H and O–H groups in total. The van der Waals surface area contributed by atoms with Gasteiger partial charge in [0.1, 0.15) is 36.6 Å². The predicted molar refractivity (Wildman–Crippen MR) is 199 cm³/mol. The Balaban J connectivity index is 1.12. The number of hydrogen-bond acceptors (Lipinski definition) is 16. The van der Waals surface area contributed by atoms with Gasteiger partial charge in [0.25, 0.3) is 0 Å². The molecule has 22 atom stereocenters. The van der Waals surface area contributed by atoms with Crippen LogP contribution >= 0.6 is 0 Å². The summed E-state index contributed by atoms with van der Waals surface area (Å²) in [4.78, 5) is 0. The van der Waals surface area contributed by atoms with Gasteiger partial charge in [0.2, 0.25) is 0 Å². The van der Waals surface area contributed by atoms with Gasteiger partial charge in [-0.1, -0.05) is 46.8 Å². The topological polar surface area (TPSA) is 272 Å². The predicted octanol–water partition coefficient (Wildman–Crippen LogP) is -0.102. The first-order valence-electron chi connectivity index (χ1n) is 20.4. The van der Waals surface area contributed by atoms with Gasteiger partial charge in [0.05, 0.1) is 49.8 Å². The lowest BCUT2D eigenvalue weighted by Crippen LogP contribution is -2.70. The lowest BCUT2D eigenvalue weighted by Gasteiger charge is -2.66. The van der Waals surface area contributed by atoms with Crippen molar-refractivity contribution in [2.75, 3.05) is 26.9 Å². The Morgan fingerprint density at radius 1 is 0.789 bits per heavy atom. The number of aliphatic hydroxyl groups excluding tert-OH is 7. The summed E-state index contributed by atoms with van der Waals surface area (Å²) in [6.45, 7) is 9.54. The molecule has 6 fully saturated rings. The van der Waals surface area contributed by atoms with Gasteiger partial charge in [-0.25, -0.2) is 4.18 Å². The van der Waals surface area contributed by atoms with Crippen LogP contribution in [0, 0.1) is 52.3 Å². The lowest BCUT2D eigenvalue weighted by atomic mass is 9.41. The Kier molecular flexibility index (Phi) is 13.7. The summed E-state index contributed by atoms with van der Waals surface area (Å²) in [5.74, 6) is -1.45. The summed E-state index contributed by atoms with van der Waals surface area (Å²) in [7, 11) is -3.82. The van der Waals surface area contributed by atoms with Crippen molar-refractivity contribution in [2.45, 2.75) is 152 Å². The minimum Gasteiger partial charge on any atom is -0.393 e. The molecule has 6 rings (SSSR count). The summed E-state index contributed by atoms with van der Waals surface area (Å²) >= 11 is 0. The smallest absolute Gasteiger partial charge is 0.393 e. The van der Waals surface area contributed by atoms with Crippen LogP contribution in [0.4, 0.5) is 0 Å². The molecule has 0 bridgehead atoms. The second-order valence-corrected chi connectivity index (χ2v) is 19.7. The third kappa shape index (κ3) is 8.51. The SMILES string of the molecule is CO[C@@H]1[C@@H](O[C@@H]2[C@@H](OC[C@@H](C)[C@H](C)/C=C/[C@@H](C)[C@@H]3C[C@@H](O)[C@H]4[C@]3(C)CC[C@@H]3[C@@]5(C)CC[C@H](O)[C@H](O)[C@@H]5[C@@H](O)C[C@]34O)OC[C@H](O)[C@H]2OS(=O)(=O)O)OC[C@H](O)[C@H]1O. The minimum absolute atomic E-state index is 0.00578. The van der Waals surface area contributed by atoms with Gasteiger partial charge >= 0.3 is 10.4 Å². The number of aliphatic hydroxyl groups is 8. The molecule has 2 aliphatic heterocycles. The summed E-state index contributed by atoms with van der Waals surface area (Å²) in [6, 6.07) is 0. The van der Waals surface area contributed by atoms with Crippen LogP contribution in [0.1, 0.15) is 73.1 Å². The van der Waals surface area contributed by atoms with Gasteiger partial charge in [-0.3, -0.25) is 4.55 Å². The van der Waals surface area contributed by atoms with Gasteiger partial charge in [0.15, 0.2) is 12.6 Å². The standard InChI is InChI=1S/C39H66O17S/c1-18(20(3)15-52-35-33(31(26(44)17-53-35)56-57(48,49)50)55-36-32(51-6)30(46)25(43)16-54-36)7-8-19(2)21-13-23(41)34-37(21,4)12-10-27-38(5)11-9-22(40)29(45)28(38)24(42)14-39(27,34)47/h7-8,18-36,40-47H,9-17H2,1-6H3,(H,48,49,50)/b8-7+/t18-,19-,20-,21+,22+,23-,24+,25+,26+,27-,28+,29+,30-,31-,32+,33+,34+,35+,36-,37-,38-,39+/m1/s1. The van der Waals surface area contributed by atoms with Crippen LogP contribution in [0.5, 0.6) is 0 Å². The van der Waals surface area contributed by atoms with Crippen molar-refractivity contribution in [3.05, 3.63) is 12.2 Å². The lowest BCUT2D eigenvalue weighted by molar-refractivity contribution is -0.344. The van der Waals surface area contributed by atoms with Crippen molar-refractivity contribution < 1.29 is 81.7 Å². The molecular weight excluding hydrogens is 772 g/mol. The fourth-order valence-electron chi connectivity index (χ4n) is 12.1. The normalized spacial score (nSPS) is 50.8. The average Bonchev–Trinajstić information content (AvgIpc) is 3.41. The monoisotopic (exact) mass is 838 g/mol. The Morgan fingerprint density at radius 2 is 1.44 bits per heavy atom. The summed E-state index contributed by atoms with van der Waals surface area (Å²) < 4.78 is 66.4. The molecule has 4 saturated carbocycles. The van der Waals surface area contributed by atoms with E-state index < -0.39 is 119 Å². The van der Waals surface area contributed by atoms with E-state index in [9.17, 15) is 53.8 Å². The second kappa shape index (κ2) is 17.1. The molecule has 0 radical (unpaired) electrons. The number of allylic oxidation sites excluding steroid dienone is 2. The van der Waals surface area contributed by atoms with Crippen LogP contribution in [0.15, 0.2) is 12.2 Å². The highest BCUT2D eigenvalue weighted by Crippen LogP contribution is 2.69. The highest BCUT2D eigenvalue weighted by Gasteiger charge is 2.71. The Labute approximate surface area is 335 Å². The van der Waals surface area contributed by atoms with Crippen LogP contribution in [0.3, 0.4) is 0 Å². The summed E-state index contributed by atoms with van der Waals surface area (Å²) in [5, 5.41) is 88.3. The van der Waals surface area contributed by atoms with Gasteiger partial charge in [-0.15, -0.1) is 0 Å². The summed E-state index contributed by atoms with van der Waals surface area (Å²) in [6.07, 6.45) is -8.05. The molecule has 0 aromatic carbocycles. The van der Waals surface area contributed by atoms with E-state index in [0.29, 0.717) is 25.7 Å². The first-order chi connectivity index (χ1) is 26.6. The molecule has 2 saturated heterocycles. The molecular formula is C39H66O17S. The van der Waals surface area contributed by atoms with E-state index in [2.05, 4.69) is 26.0 Å². The van der Waals surface area contributed by atoms with Crippen LogP contribution in [-0.2, 0) is 38.3 Å². The molecule has 0 spiro atoms. The van der Waals surface area contributed by atoms with E-state index in [1.54, 1.807) is 0 Å². The quantitative estimate of drug-likeness (QED) is 0.0917. The molecule has 6 aliphatic rings. The Hall–Kier alpha value is -0.910.